The molecular weight excluding hydrogens is 354 g/mol. The van der Waals surface area contributed by atoms with Crippen LogP contribution in [-0.4, -0.2) is 55.5 Å². The van der Waals surface area contributed by atoms with E-state index in [1.807, 2.05) is 6.92 Å². The van der Waals surface area contributed by atoms with Crippen molar-refractivity contribution in [3.63, 3.8) is 0 Å². The Labute approximate surface area is 158 Å². The molecule has 7 heteroatoms. The molecule has 1 heterocycles. The van der Waals surface area contributed by atoms with Gasteiger partial charge in [-0.3, -0.25) is 4.99 Å². The first-order valence-corrected chi connectivity index (χ1v) is 13.0. The maximum absolute atomic E-state index is 12.5. The Bertz CT molecular complexity index is 488. The first-order chi connectivity index (χ1) is 11.5. The fourth-order valence-corrected chi connectivity index (χ4v) is 5.05. The zero-order valence-corrected chi connectivity index (χ0v) is 18.8. The molecule has 1 aliphatic heterocycles. The van der Waals surface area contributed by atoms with Crippen molar-refractivity contribution < 1.29 is 19.1 Å². The van der Waals surface area contributed by atoms with Gasteiger partial charge < -0.3 is 14.3 Å². The molecule has 25 heavy (non-hydrogen) atoms. The number of carbonyl (C=O) groups excluding carboxylic acids is 1. The summed E-state index contributed by atoms with van der Waals surface area (Å²) in [5.74, 6) is 0.611. The van der Waals surface area contributed by atoms with Crippen LogP contribution >= 0.6 is 11.8 Å². The van der Waals surface area contributed by atoms with Crippen LogP contribution in [0.2, 0.25) is 18.1 Å². The van der Waals surface area contributed by atoms with Gasteiger partial charge in [-0.25, -0.2) is 4.79 Å². The van der Waals surface area contributed by atoms with Gasteiger partial charge in [-0.05, 0) is 31.0 Å². The second-order valence-electron chi connectivity index (χ2n) is 8.35. The van der Waals surface area contributed by atoms with Crippen LogP contribution in [0.4, 0.5) is 0 Å². The van der Waals surface area contributed by atoms with Crippen molar-refractivity contribution in [3.8, 4) is 0 Å². The second-order valence-corrected chi connectivity index (χ2v) is 14.2. The van der Waals surface area contributed by atoms with Gasteiger partial charge in [-0.1, -0.05) is 34.6 Å². The molecule has 0 saturated heterocycles. The number of aliphatic hydroxyl groups excluding tert-OH is 1. The van der Waals surface area contributed by atoms with E-state index in [9.17, 15) is 9.90 Å². The predicted molar refractivity (Wildman–Crippen MR) is 108 cm³/mol. The van der Waals surface area contributed by atoms with Crippen LogP contribution in [0, 0.1) is 11.8 Å². The molecule has 0 radical (unpaired) electrons. The molecule has 146 valence electrons. The summed E-state index contributed by atoms with van der Waals surface area (Å²) in [5.41, 5.74) is 0. The number of rotatable bonds is 7. The smallest absolute Gasteiger partial charge is 0.333 e. The minimum atomic E-state index is -2.07. The third kappa shape index (κ3) is 5.55. The molecule has 0 bridgehead atoms. The Morgan fingerprint density at radius 2 is 1.96 bits per heavy atom. The van der Waals surface area contributed by atoms with Crippen LogP contribution in [0.5, 0.6) is 0 Å². The monoisotopic (exact) mass is 389 g/mol. The molecule has 0 amide bonds. The maximum atomic E-state index is 12.5. The Balaban J connectivity index is 3.19. The summed E-state index contributed by atoms with van der Waals surface area (Å²) in [7, 11) is -2.07. The third-order valence-electron chi connectivity index (χ3n) is 5.04. The van der Waals surface area contributed by atoms with E-state index in [1.165, 1.54) is 11.8 Å². The molecule has 0 spiro atoms. The number of hydrogen-bond donors (Lipinski definition) is 1. The number of esters is 1. The highest BCUT2D eigenvalue weighted by Gasteiger charge is 2.50. The van der Waals surface area contributed by atoms with E-state index >= 15 is 0 Å². The minimum Gasteiger partial charge on any atom is -0.464 e. The van der Waals surface area contributed by atoms with Gasteiger partial charge in [0.05, 0.1) is 24.4 Å². The van der Waals surface area contributed by atoms with Gasteiger partial charge in [-0.15, -0.1) is 11.8 Å². The molecule has 0 unspecified atom stereocenters. The molecule has 1 aliphatic rings. The SMILES string of the molecule is CCOC(=O)[C@H]1N=C(SCCO)[C@H](C(C)C)[C@H]1O[Si](C)(C)C(C)(C)C. The van der Waals surface area contributed by atoms with E-state index in [0.717, 1.165) is 5.04 Å². The Hall–Kier alpha value is -0.373. The summed E-state index contributed by atoms with van der Waals surface area (Å²) < 4.78 is 11.9. The normalized spacial score (nSPS) is 24.6. The van der Waals surface area contributed by atoms with E-state index < -0.39 is 14.4 Å². The zero-order valence-electron chi connectivity index (χ0n) is 17.0. The topological polar surface area (TPSA) is 68.1 Å². The number of aliphatic imine (C=N–C) groups is 1. The highest BCUT2D eigenvalue weighted by molar-refractivity contribution is 8.14. The van der Waals surface area contributed by atoms with Crippen LogP contribution in [0.15, 0.2) is 4.99 Å². The summed E-state index contributed by atoms with van der Waals surface area (Å²) in [6.07, 6.45) is -0.291. The van der Waals surface area contributed by atoms with E-state index in [1.54, 1.807) is 0 Å². The fraction of sp³-hybridized carbons (Fsp3) is 0.889. The van der Waals surface area contributed by atoms with E-state index in [4.69, 9.17) is 9.16 Å². The standard InChI is InChI=1S/C18H35NO4SSi/c1-9-22-17(21)14-15(23-25(7,8)18(4,5)6)13(12(2)3)16(19-14)24-11-10-20/h12-15,20H,9-11H2,1-8H3/t13-,14+,15-/m1/s1. The van der Waals surface area contributed by atoms with Crippen LogP contribution in [0.25, 0.3) is 0 Å². The summed E-state index contributed by atoms with van der Waals surface area (Å²) in [5, 5.41) is 10.1. The van der Waals surface area contributed by atoms with Gasteiger partial charge in [0, 0.05) is 11.7 Å². The third-order valence-corrected chi connectivity index (χ3v) is 10.6. The number of ether oxygens (including phenoxy) is 1. The van der Waals surface area contributed by atoms with Gasteiger partial charge in [-0.2, -0.15) is 0 Å². The lowest BCUT2D eigenvalue weighted by atomic mass is 9.90. The van der Waals surface area contributed by atoms with Gasteiger partial charge in [0.2, 0.25) is 0 Å². The maximum Gasteiger partial charge on any atom is 0.333 e. The summed E-state index contributed by atoms with van der Waals surface area (Å²) >= 11 is 1.52. The molecule has 0 saturated carbocycles. The first-order valence-electron chi connectivity index (χ1n) is 9.12. The van der Waals surface area contributed by atoms with Gasteiger partial charge in [0.15, 0.2) is 14.4 Å². The molecule has 1 N–H and O–H groups in total. The van der Waals surface area contributed by atoms with Crippen LogP contribution in [-0.2, 0) is 14.0 Å². The molecule has 0 aromatic heterocycles. The molecule has 3 atom stereocenters. The molecule has 1 rings (SSSR count). The zero-order chi connectivity index (χ0) is 19.4. The van der Waals surface area contributed by atoms with Crippen molar-refractivity contribution >= 4 is 31.1 Å². The average Bonchev–Trinajstić information content (AvgIpc) is 2.82. The second kappa shape index (κ2) is 9.02. The highest BCUT2D eigenvalue weighted by Crippen LogP contribution is 2.42. The first kappa shape index (κ1) is 22.7. The van der Waals surface area contributed by atoms with Crippen molar-refractivity contribution in [2.45, 2.75) is 71.8 Å². The molecule has 0 aromatic rings. The van der Waals surface area contributed by atoms with Crippen molar-refractivity contribution in [1.29, 1.82) is 0 Å². The summed E-state index contributed by atoms with van der Waals surface area (Å²) in [6, 6.07) is -0.609. The number of nitrogens with zero attached hydrogens (tertiary/aromatic N) is 1. The van der Waals surface area contributed by atoms with Gasteiger partial charge in [0.25, 0.3) is 0 Å². The van der Waals surface area contributed by atoms with Crippen LogP contribution < -0.4 is 0 Å². The number of hydrogen-bond acceptors (Lipinski definition) is 6. The lowest BCUT2D eigenvalue weighted by molar-refractivity contribution is -0.147. The fourth-order valence-electron chi connectivity index (χ4n) is 2.65. The number of aliphatic hydroxyl groups is 1. The number of carbonyl (C=O) groups is 1. The Morgan fingerprint density at radius 3 is 2.40 bits per heavy atom. The van der Waals surface area contributed by atoms with Gasteiger partial charge in [0.1, 0.15) is 0 Å². The van der Waals surface area contributed by atoms with Crippen LogP contribution in [0.3, 0.4) is 0 Å². The average molecular weight is 390 g/mol. The quantitative estimate of drug-likeness (QED) is 0.531. The van der Waals surface area contributed by atoms with Crippen molar-refractivity contribution in [1.82, 2.24) is 0 Å². The predicted octanol–water partition coefficient (Wildman–Crippen LogP) is 3.72. The Morgan fingerprint density at radius 1 is 1.36 bits per heavy atom. The molecule has 0 aliphatic carbocycles. The van der Waals surface area contributed by atoms with E-state index in [0.29, 0.717) is 18.3 Å². The lowest BCUT2D eigenvalue weighted by Crippen LogP contribution is -2.50. The largest absolute Gasteiger partial charge is 0.464 e. The molecule has 0 aromatic carbocycles. The van der Waals surface area contributed by atoms with Gasteiger partial charge >= 0.3 is 5.97 Å². The number of thioether (sulfide) groups is 1. The molecule has 5 nitrogen and oxygen atoms in total. The molecule has 0 fully saturated rings. The van der Waals surface area contributed by atoms with Crippen LogP contribution in [0.1, 0.15) is 41.5 Å². The van der Waals surface area contributed by atoms with Crippen molar-refractivity contribution in [3.05, 3.63) is 0 Å². The molecular formula is C18H35NO4SSi. The highest BCUT2D eigenvalue weighted by atomic mass is 32.2. The lowest BCUT2D eigenvalue weighted by Gasteiger charge is -2.41. The van der Waals surface area contributed by atoms with E-state index in [-0.39, 0.29) is 29.6 Å². The van der Waals surface area contributed by atoms with Crippen molar-refractivity contribution in [2.24, 2.45) is 16.8 Å². The minimum absolute atomic E-state index is 0.0503. The summed E-state index contributed by atoms with van der Waals surface area (Å²) in [6.45, 7) is 17.5. The Kier molecular flexibility index (Phi) is 8.18. The van der Waals surface area contributed by atoms with E-state index in [2.05, 4.69) is 52.7 Å². The summed E-state index contributed by atoms with van der Waals surface area (Å²) in [4.78, 5) is 17.2. The van der Waals surface area contributed by atoms with Crippen molar-refractivity contribution in [2.75, 3.05) is 19.0 Å².